The molecule has 0 aromatic heterocycles. The van der Waals surface area contributed by atoms with Gasteiger partial charge < -0.3 is 14.4 Å². The van der Waals surface area contributed by atoms with Crippen LogP contribution < -0.4 is 4.74 Å². The highest BCUT2D eigenvalue weighted by molar-refractivity contribution is 6.27. The molecule has 36 heavy (non-hydrogen) atoms. The van der Waals surface area contributed by atoms with Crippen molar-refractivity contribution in [3.05, 3.63) is 77.9 Å². The maximum atomic E-state index is 13.1. The topological polar surface area (TPSA) is 102 Å². The molecule has 0 spiro atoms. The van der Waals surface area contributed by atoms with E-state index in [1.54, 1.807) is 48.5 Å². The molecule has 0 aliphatic carbocycles. The van der Waals surface area contributed by atoms with E-state index < -0.39 is 35.4 Å². The van der Waals surface area contributed by atoms with Crippen molar-refractivity contribution in [2.24, 2.45) is 0 Å². The predicted octanol–water partition coefficient (Wildman–Crippen LogP) is 3.18. The first-order chi connectivity index (χ1) is 17.3. The first-order valence-corrected chi connectivity index (χ1v) is 11.8. The zero-order chi connectivity index (χ0) is 26.2. The Morgan fingerprint density at radius 2 is 1.75 bits per heavy atom. The zero-order valence-corrected chi connectivity index (χ0v) is 20.9. The smallest absolute Gasteiger partial charge is 0.333 e. The van der Waals surface area contributed by atoms with Crippen molar-refractivity contribution in [1.82, 2.24) is 9.96 Å². The lowest BCUT2D eigenvalue weighted by Gasteiger charge is -2.49. The summed E-state index contributed by atoms with van der Waals surface area (Å²) in [6, 6.07) is 13.0. The number of alkyl halides is 2. The van der Waals surface area contributed by atoms with Gasteiger partial charge in [-0.15, -0.1) is 11.6 Å². The second-order valence-corrected chi connectivity index (χ2v) is 8.54. The lowest BCUT2D eigenvalue weighted by Crippen LogP contribution is -2.72. The summed E-state index contributed by atoms with van der Waals surface area (Å²) in [5, 5.41) is 0.877. The molecule has 2 aromatic rings. The maximum absolute atomic E-state index is 13.1. The summed E-state index contributed by atoms with van der Waals surface area (Å²) in [4.78, 5) is 55.4. The van der Waals surface area contributed by atoms with E-state index in [4.69, 9.17) is 37.5 Å². The van der Waals surface area contributed by atoms with E-state index >= 15 is 0 Å². The fraction of sp³-hybridized carbons (Fsp3) is 0.280. The molecule has 1 heterocycles. The predicted molar refractivity (Wildman–Crippen MR) is 131 cm³/mol. The zero-order valence-electron chi connectivity index (χ0n) is 19.3. The number of amides is 2. The summed E-state index contributed by atoms with van der Waals surface area (Å²) in [6.07, 6.45) is 0. The normalized spacial score (nSPS) is 17.5. The highest BCUT2D eigenvalue weighted by atomic mass is 35.5. The van der Waals surface area contributed by atoms with Crippen molar-refractivity contribution < 1.29 is 33.5 Å². The Kier molecular flexibility index (Phi) is 9.46. The summed E-state index contributed by atoms with van der Waals surface area (Å²) in [6.45, 7) is 5.25. The average Bonchev–Trinajstić information content (AvgIpc) is 2.89. The van der Waals surface area contributed by atoms with Gasteiger partial charge >= 0.3 is 5.97 Å². The van der Waals surface area contributed by atoms with Crippen molar-refractivity contribution >= 4 is 47.5 Å². The number of likely N-dealkylation sites (tertiary alicyclic amines) is 1. The Balaban J connectivity index is 1.69. The molecule has 190 valence electrons. The lowest BCUT2D eigenvalue weighted by atomic mass is 9.99. The van der Waals surface area contributed by atoms with Crippen LogP contribution in [0.15, 0.2) is 66.7 Å². The third-order valence-corrected chi connectivity index (χ3v) is 6.15. The van der Waals surface area contributed by atoms with E-state index in [1.165, 1.54) is 6.92 Å². The number of hydrogen-bond donors (Lipinski definition) is 0. The summed E-state index contributed by atoms with van der Waals surface area (Å²) in [7, 11) is 0. The van der Waals surface area contributed by atoms with Crippen LogP contribution in [0.2, 0.25) is 0 Å². The number of hydroxylamine groups is 2. The van der Waals surface area contributed by atoms with E-state index in [2.05, 4.69) is 6.58 Å². The molecule has 11 heteroatoms. The summed E-state index contributed by atoms with van der Waals surface area (Å²) < 4.78 is 10.1. The Morgan fingerprint density at radius 3 is 2.31 bits per heavy atom. The molecule has 2 aromatic carbocycles. The van der Waals surface area contributed by atoms with Gasteiger partial charge in [-0.1, -0.05) is 60.6 Å². The van der Waals surface area contributed by atoms with Crippen LogP contribution in [0, 0.1) is 0 Å². The van der Waals surface area contributed by atoms with Crippen LogP contribution in [0.4, 0.5) is 0 Å². The Hall–Kier alpha value is -3.40. The van der Waals surface area contributed by atoms with Gasteiger partial charge in [-0.05, 0) is 28.8 Å². The molecule has 0 radical (unpaired) electrons. The second kappa shape index (κ2) is 12.5. The Labute approximate surface area is 218 Å². The second-order valence-electron chi connectivity index (χ2n) is 7.83. The number of ether oxygens (including phenoxy) is 2. The van der Waals surface area contributed by atoms with Crippen molar-refractivity contribution in [2.75, 3.05) is 5.88 Å². The van der Waals surface area contributed by atoms with E-state index in [0.717, 1.165) is 15.5 Å². The molecule has 3 unspecified atom stereocenters. The molecule has 1 aliphatic rings. The van der Waals surface area contributed by atoms with E-state index in [1.807, 2.05) is 6.07 Å². The highest BCUT2D eigenvalue weighted by Crippen LogP contribution is 2.34. The fourth-order valence-corrected chi connectivity index (χ4v) is 4.10. The summed E-state index contributed by atoms with van der Waals surface area (Å²) >= 11 is 12.4. The number of carbonyl (C=O) groups excluding carboxylic acids is 4. The Morgan fingerprint density at radius 1 is 1.11 bits per heavy atom. The lowest BCUT2D eigenvalue weighted by molar-refractivity contribution is -0.226. The number of nitrogens with zero attached hydrogens (tertiary/aromatic N) is 2. The van der Waals surface area contributed by atoms with Gasteiger partial charge in [0, 0.05) is 12.8 Å². The first kappa shape index (κ1) is 27.2. The molecule has 9 nitrogen and oxygen atoms in total. The van der Waals surface area contributed by atoms with Crippen LogP contribution in [0.3, 0.4) is 0 Å². The van der Waals surface area contributed by atoms with Gasteiger partial charge in [-0.3, -0.25) is 19.2 Å². The van der Waals surface area contributed by atoms with E-state index in [-0.39, 0.29) is 24.7 Å². The number of carbonyl (C=O) groups is 4. The van der Waals surface area contributed by atoms with Crippen molar-refractivity contribution in [1.29, 1.82) is 0 Å². The molecular weight excluding hydrogens is 511 g/mol. The molecule has 1 saturated heterocycles. The number of benzene rings is 2. The molecule has 3 rings (SSSR count). The minimum Gasteiger partial charge on any atom is -0.459 e. The maximum Gasteiger partial charge on any atom is 0.333 e. The molecular formula is C25H24Cl2N2O7. The summed E-state index contributed by atoms with van der Waals surface area (Å²) in [5.74, 6) is -1.69. The van der Waals surface area contributed by atoms with Crippen LogP contribution in [0.25, 0.3) is 0 Å². The largest absolute Gasteiger partial charge is 0.459 e. The van der Waals surface area contributed by atoms with Crippen LogP contribution in [0.1, 0.15) is 18.1 Å². The average molecular weight is 535 g/mol. The number of rotatable bonds is 12. The molecule has 0 bridgehead atoms. The van der Waals surface area contributed by atoms with Crippen molar-refractivity contribution in [2.45, 2.75) is 37.7 Å². The fourth-order valence-electron chi connectivity index (χ4n) is 3.53. The third-order valence-electron chi connectivity index (χ3n) is 5.36. The molecule has 3 atom stereocenters. The van der Waals surface area contributed by atoms with Gasteiger partial charge in [0.2, 0.25) is 5.91 Å². The van der Waals surface area contributed by atoms with Gasteiger partial charge in [0.25, 0.3) is 12.4 Å². The number of halogens is 2. The quantitative estimate of drug-likeness (QED) is 0.0783. The SMILES string of the molecule is C=C(CCl)C(C(=O)OCc1ccccc1)N1C(=O)C(N(OCc2ccc(OC=O)cc2)C(C)=O)C1Cl. The monoisotopic (exact) mass is 534 g/mol. The van der Waals surface area contributed by atoms with Crippen LogP contribution in [-0.2, 0) is 42.0 Å². The molecule has 0 saturated carbocycles. The molecule has 2 amide bonds. The molecule has 1 fully saturated rings. The number of β-lactam (4-membered cyclic amide) rings is 1. The standard InChI is InChI=1S/C25H24Cl2N2O7/c1-16(12-26)21(25(33)34-13-18-6-4-3-5-7-18)28-23(27)22(24(28)32)29(17(2)31)36-14-19-8-10-20(11-9-19)35-15-30/h3-11,15,21-23H,1,12-14H2,2H3. The number of hydrogen-bond acceptors (Lipinski definition) is 7. The minimum atomic E-state index is -1.23. The summed E-state index contributed by atoms with van der Waals surface area (Å²) in [5.41, 5.74) is 0.532. The first-order valence-electron chi connectivity index (χ1n) is 10.8. The van der Waals surface area contributed by atoms with Crippen LogP contribution in [0.5, 0.6) is 5.75 Å². The Bertz CT molecular complexity index is 1110. The van der Waals surface area contributed by atoms with Crippen molar-refractivity contribution in [3.63, 3.8) is 0 Å². The molecule has 0 N–H and O–H groups in total. The molecule has 1 aliphatic heterocycles. The van der Waals surface area contributed by atoms with Gasteiger partial charge in [-0.25, -0.2) is 9.86 Å². The van der Waals surface area contributed by atoms with Gasteiger partial charge in [0.1, 0.15) is 24.5 Å². The van der Waals surface area contributed by atoms with E-state index in [0.29, 0.717) is 17.8 Å². The minimum absolute atomic E-state index is 0.0104. The van der Waals surface area contributed by atoms with E-state index in [9.17, 15) is 19.2 Å². The van der Waals surface area contributed by atoms with Crippen LogP contribution >= 0.6 is 23.2 Å². The highest BCUT2D eigenvalue weighted by Gasteiger charge is 2.56. The van der Waals surface area contributed by atoms with Crippen LogP contribution in [-0.4, -0.2) is 57.7 Å². The third kappa shape index (κ3) is 6.23. The van der Waals surface area contributed by atoms with Gasteiger partial charge in [0.05, 0.1) is 0 Å². The van der Waals surface area contributed by atoms with Gasteiger partial charge in [0.15, 0.2) is 12.1 Å². The van der Waals surface area contributed by atoms with Gasteiger partial charge in [-0.2, -0.15) is 0 Å². The number of esters is 1. The van der Waals surface area contributed by atoms with Crippen molar-refractivity contribution in [3.8, 4) is 5.75 Å².